The number of halogens is 1. The van der Waals surface area contributed by atoms with Crippen molar-refractivity contribution in [2.45, 2.75) is 0 Å². The summed E-state index contributed by atoms with van der Waals surface area (Å²) in [7, 11) is 0. The topological polar surface area (TPSA) is 172 Å². The van der Waals surface area contributed by atoms with Crippen LogP contribution in [0.4, 0.5) is 5.88 Å². The number of nitrogens with one attached hydrogen (secondary N) is 2. The van der Waals surface area contributed by atoms with Crippen LogP contribution >= 0.6 is 15.9 Å². The molecule has 0 aliphatic carbocycles. The van der Waals surface area contributed by atoms with Gasteiger partial charge in [-0.15, -0.1) is 0 Å². The number of hydrogen-bond acceptors (Lipinski definition) is 10. The molecule has 1 aliphatic heterocycles. The lowest BCUT2D eigenvalue weighted by Gasteiger charge is -2.10. The maximum atomic E-state index is 13.2. The van der Waals surface area contributed by atoms with E-state index < -0.39 is 28.6 Å². The molecule has 3 aromatic carbocycles. The first kappa shape index (κ1) is 28.8. The molecule has 0 spiro atoms. The molecule has 0 bridgehead atoms. The van der Waals surface area contributed by atoms with Crippen LogP contribution < -0.4 is 25.0 Å². The molecule has 0 saturated carbocycles. The van der Waals surface area contributed by atoms with Crippen LogP contribution in [-0.4, -0.2) is 35.7 Å². The minimum Gasteiger partial charge on any atom is -0.454 e. The highest BCUT2D eigenvalue weighted by Crippen LogP contribution is 2.33. The van der Waals surface area contributed by atoms with Crippen LogP contribution in [0.1, 0.15) is 32.0 Å². The van der Waals surface area contributed by atoms with E-state index in [1.54, 1.807) is 60.7 Å². The minimum absolute atomic E-state index is 0.0266. The molecule has 0 fully saturated rings. The lowest BCUT2D eigenvalue weighted by molar-refractivity contribution is -0.402. The van der Waals surface area contributed by atoms with E-state index in [1.165, 1.54) is 18.4 Å². The first-order valence-corrected chi connectivity index (χ1v) is 13.1. The predicted molar refractivity (Wildman–Crippen MR) is 155 cm³/mol. The van der Waals surface area contributed by atoms with Gasteiger partial charge in [0.05, 0.1) is 12.3 Å². The summed E-state index contributed by atoms with van der Waals surface area (Å²) < 4.78 is 21.5. The Morgan fingerprint density at radius 2 is 1.77 bits per heavy atom. The maximum absolute atomic E-state index is 13.2. The highest BCUT2D eigenvalue weighted by Gasteiger charge is 2.21. The van der Waals surface area contributed by atoms with Crippen LogP contribution in [0.2, 0.25) is 0 Å². The zero-order valence-electron chi connectivity index (χ0n) is 21.8. The van der Waals surface area contributed by atoms with Crippen molar-refractivity contribution in [3.05, 3.63) is 122 Å². The molecule has 4 aromatic rings. The predicted octanol–water partition coefficient (Wildman–Crippen LogP) is 4.82. The largest absolute Gasteiger partial charge is 0.454 e. The van der Waals surface area contributed by atoms with Crippen LogP contribution in [-0.2, 0) is 4.79 Å². The number of carbonyl (C=O) groups excluding carboxylic acids is 3. The number of furan rings is 1. The molecule has 2 amide bonds. The Morgan fingerprint density at radius 1 is 0.977 bits per heavy atom. The number of hydrogen-bond donors (Lipinski definition) is 2. The van der Waals surface area contributed by atoms with Crippen molar-refractivity contribution < 1.29 is 37.9 Å². The third-order valence-electron chi connectivity index (χ3n) is 5.75. The van der Waals surface area contributed by atoms with Gasteiger partial charge in [-0.3, -0.25) is 19.7 Å². The van der Waals surface area contributed by atoms with Gasteiger partial charge in [0, 0.05) is 15.6 Å². The summed E-state index contributed by atoms with van der Waals surface area (Å²) in [6, 6.07) is 20.1. The highest BCUT2D eigenvalue weighted by molar-refractivity contribution is 9.10. The number of hydrazone groups is 1. The van der Waals surface area contributed by atoms with Crippen LogP contribution in [0.25, 0.3) is 6.08 Å². The molecule has 14 heteroatoms. The fourth-order valence-electron chi connectivity index (χ4n) is 3.73. The van der Waals surface area contributed by atoms with Gasteiger partial charge < -0.3 is 23.9 Å². The van der Waals surface area contributed by atoms with E-state index in [0.717, 1.165) is 12.1 Å². The van der Waals surface area contributed by atoms with E-state index in [4.69, 9.17) is 18.6 Å². The van der Waals surface area contributed by atoms with E-state index in [-0.39, 0.29) is 29.6 Å². The summed E-state index contributed by atoms with van der Waals surface area (Å²) in [5, 5.41) is 17.4. The second-order valence-corrected chi connectivity index (χ2v) is 9.57. The number of amides is 2. The Kier molecular flexibility index (Phi) is 8.58. The number of ether oxygens (including phenoxy) is 3. The molecular formula is C29H19BrN4O9. The average molecular weight is 647 g/mol. The number of fused-ring (bicyclic) bond motifs is 1. The van der Waals surface area contributed by atoms with Crippen molar-refractivity contribution in [2.24, 2.45) is 5.10 Å². The second-order valence-electron chi connectivity index (χ2n) is 8.66. The van der Waals surface area contributed by atoms with Crippen molar-refractivity contribution in [2.75, 3.05) is 6.79 Å². The summed E-state index contributed by atoms with van der Waals surface area (Å²) in [5.74, 6) is -2.18. The number of nitro groups is 1. The first-order chi connectivity index (χ1) is 20.8. The first-order valence-electron chi connectivity index (χ1n) is 12.3. The standard InChI is InChI=1S/C29H19BrN4O9/c30-20-7-9-22(43-29(37)24-10-11-26(42-24)34(38)39)19(14-20)15-31-33-28(36)21(32-27(35)18-4-2-1-3-5-18)12-17-6-8-23-25(13-17)41-16-40-23/h1-15H,16H2,(H,32,35)(H,33,36). The zero-order valence-corrected chi connectivity index (χ0v) is 23.4. The Morgan fingerprint density at radius 3 is 2.53 bits per heavy atom. The monoisotopic (exact) mass is 646 g/mol. The summed E-state index contributed by atoms with van der Waals surface area (Å²) in [6.07, 6.45) is 2.66. The molecule has 216 valence electrons. The van der Waals surface area contributed by atoms with Crippen molar-refractivity contribution in [1.82, 2.24) is 10.7 Å². The van der Waals surface area contributed by atoms with Crippen LogP contribution in [0.15, 0.2) is 98.6 Å². The highest BCUT2D eigenvalue weighted by atomic mass is 79.9. The Bertz CT molecular complexity index is 1780. The summed E-state index contributed by atoms with van der Waals surface area (Å²) >= 11 is 3.32. The number of benzene rings is 3. The minimum atomic E-state index is -0.980. The van der Waals surface area contributed by atoms with Gasteiger partial charge in [0.2, 0.25) is 12.6 Å². The normalized spacial score (nSPS) is 12.2. The van der Waals surface area contributed by atoms with Crippen molar-refractivity contribution >= 4 is 51.9 Å². The van der Waals surface area contributed by atoms with Gasteiger partial charge in [-0.25, -0.2) is 10.2 Å². The molecule has 2 heterocycles. The molecule has 0 saturated heterocycles. The average Bonchev–Trinajstić information content (AvgIpc) is 3.69. The molecule has 1 aliphatic rings. The number of esters is 1. The SMILES string of the molecule is O=C(NN=Cc1cc(Br)ccc1OC(=O)c1ccc([N+](=O)[O-])o1)C(=Cc1ccc2c(c1)OCO2)NC(=O)c1ccccc1. The summed E-state index contributed by atoms with van der Waals surface area (Å²) in [4.78, 5) is 48.6. The smallest absolute Gasteiger partial charge is 0.433 e. The number of rotatable bonds is 9. The van der Waals surface area contributed by atoms with Crippen molar-refractivity contribution in [3.63, 3.8) is 0 Å². The quantitative estimate of drug-likeness (QED) is 0.0645. The second kappa shape index (κ2) is 12.8. The Balaban J connectivity index is 1.35. The third-order valence-corrected chi connectivity index (χ3v) is 6.25. The maximum Gasteiger partial charge on any atom is 0.433 e. The molecule has 1 aromatic heterocycles. The van der Waals surface area contributed by atoms with Gasteiger partial charge in [-0.05, 0) is 60.2 Å². The Hall–Kier alpha value is -5.76. The van der Waals surface area contributed by atoms with E-state index in [2.05, 4.69) is 31.8 Å². The molecule has 43 heavy (non-hydrogen) atoms. The van der Waals surface area contributed by atoms with E-state index in [0.29, 0.717) is 27.1 Å². The fourth-order valence-corrected chi connectivity index (χ4v) is 4.11. The molecular weight excluding hydrogens is 628 g/mol. The lowest BCUT2D eigenvalue weighted by atomic mass is 10.1. The van der Waals surface area contributed by atoms with Gasteiger partial charge >= 0.3 is 11.9 Å². The lowest BCUT2D eigenvalue weighted by Crippen LogP contribution is -2.32. The number of nitrogens with zero attached hydrogens (tertiary/aromatic N) is 2. The van der Waals surface area contributed by atoms with Gasteiger partial charge in [0.25, 0.3) is 11.8 Å². The van der Waals surface area contributed by atoms with E-state index in [1.807, 2.05) is 0 Å². The molecule has 0 radical (unpaired) electrons. The molecule has 0 unspecified atom stereocenters. The van der Waals surface area contributed by atoms with Gasteiger partial charge in [-0.1, -0.05) is 40.2 Å². The van der Waals surface area contributed by atoms with E-state index >= 15 is 0 Å². The van der Waals surface area contributed by atoms with Gasteiger partial charge in [0.15, 0.2) is 11.5 Å². The van der Waals surface area contributed by atoms with Crippen LogP contribution in [0.3, 0.4) is 0 Å². The van der Waals surface area contributed by atoms with Crippen molar-refractivity contribution in [3.8, 4) is 17.2 Å². The molecule has 0 atom stereocenters. The molecule has 5 rings (SSSR count). The molecule has 13 nitrogen and oxygen atoms in total. The fraction of sp³-hybridized carbons (Fsp3) is 0.0345. The zero-order chi connectivity index (χ0) is 30.3. The molecule has 2 N–H and O–H groups in total. The third kappa shape index (κ3) is 7.12. The summed E-state index contributed by atoms with van der Waals surface area (Å²) in [5.41, 5.74) is 3.37. The number of carbonyl (C=O) groups is 3. The van der Waals surface area contributed by atoms with Gasteiger partial charge in [-0.2, -0.15) is 5.10 Å². The van der Waals surface area contributed by atoms with Crippen molar-refractivity contribution in [1.29, 1.82) is 0 Å². The van der Waals surface area contributed by atoms with Gasteiger partial charge in [0.1, 0.15) is 16.4 Å². The van der Waals surface area contributed by atoms with E-state index in [9.17, 15) is 24.5 Å². The van der Waals surface area contributed by atoms with Crippen LogP contribution in [0, 0.1) is 10.1 Å². The van der Waals surface area contributed by atoms with Crippen LogP contribution in [0.5, 0.6) is 17.2 Å². The Labute approximate surface area is 251 Å². The summed E-state index contributed by atoms with van der Waals surface area (Å²) in [6.45, 7) is 0.0731.